The van der Waals surface area contributed by atoms with E-state index in [0.29, 0.717) is 16.9 Å². The van der Waals surface area contributed by atoms with E-state index in [2.05, 4.69) is 0 Å². The molecule has 0 saturated carbocycles. The molecule has 1 fully saturated rings. The molecular formula is C21H17N3O4S. The lowest BCUT2D eigenvalue weighted by Crippen LogP contribution is -2.33. The highest BCUT2D eigenvalue weighted by molar-refractivity contribution is 8.19. The van der Waals surface area contributed by atoms with Crippen molar-refractivity contribution in [3.05, 3.63) is 81.1 Å². The van der Waals surface area contributed by atoms with Gasteiger partial charge >= 0.3 is 0 Å². The van der Waals surface area contributed by atoms with E-state index >= 15 is 0 Å². The van der Waals surface area contributed by atoms with Gasteiger partial charge in [0.05, 0.1) is 16.3 Å². The van der Waals surface area contributed by atoms with Crippen molar-refractivity contribution in [2.24, 2.45) is 7.05 Å². The van der Waals surface area contributed by atoms with Crippen LogP contribution < -0.4 is 10.5 Å². The van der Waals surface area contributed by atoms with E-state index in [-0.39, 0.29) is 16.3 Å². The number of para-hydroxylation sites is 1. The average molecular weight is 407 g/mol. The lowest BCUT2D eigenvalue weighted by atomic mass is 10.2. The molecule has 7 nitrogen and oxygen atoms in total. The summed E-state index contributed by atoms with van der Waals surface area (Å²) in [4.78, 5) is 39.9. The number of imide groups is 1. The SMILES string of the molecule is Cc1c(N2C(=O)SC(=Cc3ccc(O)cc3)C2=O)c(=O)n(-c2ccccc2)n1C. The second-order valence-electron chi connectivity index (χ2n) is 6.52. The molecule has 3 aromatic rings. The number of hydrogen-bond donors (Lipinski definition) is 1. The van der Waals surface area contributed by atoms with Gasteiger partial charge in [0, 0.05) is 7.05 Å². The van der Waals surface area contributed by atoms with Crippen LogP contribution in [0.5, 0.6) is 5.75 Å². The molecule has 1 aromatic heterocycles. The number of rotatable bonds is 3. The summed E-state index contributed by atoms with van der Waals surface area (Å²) in [5.41, 5.74) is 1.42. The molecule has 8 heteroatoms. The maximum atomic E-state index is 13.1. The van der Waals surface area contributed by atoms with Crippen molar-refractivity contribution in [1.29, 1.82) is 0 Å². The van der Waals surface area contributed by atoms with Gasteiger partial charge in [-0.25, -0.2) is 9.58 Å². The number of hydrogen-bond acceptors (Lipinski definition) is 5. The second-order valence-corrected chi connectivity index (χ2v) is 7.51. The van der Waals surface area contributed by atoms with Gasteiger partial charge in [0.1, 0.15) is 11.4 Å². The van der Waals surface area contributed by atoms with E-state index < -0.39 is 16.7 Å². The van der Waals surface area contributed by atoms with E-state index in [0.717, 1.165) is 16.7 Å². The first-order valence-electron chi connectivity index (χ1n) is 8.79. The molecule has 0 radical (unpaired) electrons. The van der Waals surface area contributed by atoms with Crippen molar-refractivity contribution in [2.75, 3.05) is 4.90 Å². The predicted molar refractivity (Wildman–Crippen MR) is 112 cm³/mol. The highest BCUT2D eigenvalue weighted by atomic mass is 32.2. The summed E-state index contributed by atoms with van der Waals surface area (Å²) in [6, 6.07) is 15.3. The van der Waals surface area contributed by atoms with E-state index in [1.807, 2.05) is 18.2 Å². The van der Waals surface area contributed by atoms with Gasteiger partial charge in [-0.1, -0.05) is 30.3 Å². The number of carbonyl (C=O) groups is 2. The minimum absolute atomic E-state index is 0.0490. The number of aromatic hydroxyl groups is 1. The van der Waals surface area contributed by atoms with Crippen LogP contribution in [0.15, 0.2) is 64.3 Å². The summed E-state index contributed by atoms with van der Waals surface area (Å²) in [7, 11) is 1.71. The normalized spacial score (nSPS) is 15.5. The zero-order chi connectivity index (χ0) is 20.7. The number of phenolic OH excluding ortho intramolecular Hbond substituents is 1. The third-order valence-electron chi connectivity index (χ3n) is 4.73. The molecule has 1 aliphatic rings. The number of aromatic nitrogens is 2. The van der Waals surface area contributed by atoms with Crippen molar-refractivity contribution in [3.63, 3.8) is 0 Å². The number of carbonyl (C=O) groups excluding carboxylic acids is 2. The molecular weight excluding hydrogens is 390 g/mol. The highest BCUT2D eigenvalue weighted by Crippen LogP contribution is 2.36. The van der Waals surface area contributed by atoms with E-state index in [1.54, 1.807) is 49.0 Å². The summed E-state index contributed by atoms with van der Waals surface area (Å²) >= 11 is 0.783. The van der Waals surface area contributed by atoms with E-state index in [1.165, 1.54) is 16.8 Å². The fourth-order valence-electron chi connectivity index (χ4n) is 3.19. The Hall–Kier alpha value is -3.52. The number of thioether (sulfide) groups is 1. The van der Waals surface area contributed by atoms with Crippen LogP contribution in [0, 0.1) is 6.92 Å². The van der Waals surface area contributed by atoms with Crippen molar-refractivity contribution in [1.82, 2.24) is 9.36 Å². The molecule has 2 amide bonds. The fraction of sp³-hybridized carbons (Fsp3) is 0.0952. The third kappa shape index (κ3) is 3.17. The Morgan fingerprint density at radius 2 is 1.62 bits per heavy atom. The van der Waals surface area contributed by atoms with Gasteiger partial charge in [0.2, 0.25) is 0 Å². The standard InChI is InChI=1S/C21H17N3O4S/c1-13-18(20(27)24(22(13)2)15-6-4-3-5-7-15)23-19(26)17(29-21(23)28)12-14-8-10-16(25)11-9-14/h3-12,25H,1-2H3. The topological polar surface area (TPSA) is 84.5 Å². The fourth-order valence-corrected chi connectivity index (χ4v) is 4.02. The van der Waals surface area contributed by atoms with Crippen LogP contribution in [-0.4, -0.2) is 25.6 Å². The lowest BCUT2D eigenvalue weighted by Gasteiger charge is -2.10. The van der Waals surface area contributed by atoms with Gasteiger partial charge in [-0.2, -0.15) is 0 Å². The lowest BCUT2D eigenvalue weighted by molar-refractivity contribution is -0.113. The van der Waals surface area contributed by atoms with E-state index in [9.17, 15) is 19.5 Å². The van der Waals surface area contributed by atoms with Gasteiger partial charge in [-0.3, -0.25) is 19.1 Å². The van der Waals surface area contributed by atoms with Gasteiger partial charge < -0.3 is 5.11 Å². The van der Waals surface area contributed by atoms with Crippen LogP contribution in [0.4, 0.5) is 10.5 Å². The first-order chi connectivity index (χ1) is 13.9. The molecule has 1 aliphatic heterocycles. The molecule has 2 heterocycles. The first kappa shape index (κ1) is 18.8. The molecule has 0 unspecified atom stereocenters. The predicted octanol–water partition coefficient (Wildman–Crippen LogP) is 3.43. The molecule has 0 atom stereocenters. The smallest absolute Gasteiger partial charge is 0.298 e. The van der Waals surface area contributed by atoms with Gasteiger partial charge in [0.15, 0.2) is 0 Å². The molecule has 0 spiro atoms. The Bertz CT molecular complexity index is 1210. The van der Waals surface area contributed by atoms with Gasteiger partial charge in [-0.15, -0.1) is 0 Å². The quantitative estimate of drug-likeness (QED) is 0.673. The van der Waals surface area contributed by atoms with Crippen molar-refractivity contribution >= 4 is 34.7 Å². The van der Waals surface area contributed by atoms with Crippen molar-refractivity contribution in [2.45, 2.75) is 6.92 Å². The van der Waals surface area contributed by atoms with Crippen LogP contribution >= 0.6 is 11.8 Å². The van der Waals surface area contributed by atoms with Gasteiger partial charge in [0.25, 0.3) is 16.7 Å². The molecule has 0 bridgehead atoms. The molecule has 146 valence electrons. The summed E-state index contributed by atoms with van der Waals surface area (Å²) in [5.74, 6) is -0.435. The van der Waals surface area contributed by atoms with Crippen LogP contribution in [0.3, 0.4) is 0 Å². The number of benzene rings is 2. The van der Waals surface area contributed by atoms with Crippen LogP contribution in [0.25, 0.3) is 11.8 Å². The Kier molecular flexibility index (Phi) is 4.63. The first-order valence-corrected chi connectivity index (χ1v) is 9.61. The maximum absolute atomic E-state index is 13.1. The molecule has 29 heavy (non-hydrogen) atoms. The Labute approximate surface area is 170 Å². The van der Waals surface area contributed by atoms with E-state index in [4.69, 9.17) is 0 Å². The molecule has 1 N–H and O–H groups in total. The zero-order valence-corrected chi connectivity index (χ0v) is 16.5. The van der Waals surface area contributed by atoms with Gasteiger partial charge in [-0.05, 0) is 54.6 Å². The van der Waals surface area contributed by atoms with Crippen molar-refractivity contribution < 1.29 is 14.7 Å². The average Bonchev–Trinajstić information content (AvgIpc) is 3.10. The number of anilines is 1. The monoisotopic (exact) mass is 407 g/mol. The zero-order valence-electron chi connectivity index (χ0n) is 15.7. The number of nitrogens with zero attached hydrogens (tertiary/aromatic N) is 3. The Morgan fingerprint density at radius 3 is 2.28 bits per heavy atom. The molecule has 2 aromatic carbocycles. The maximum Gasteiger partial charge on any atom is 0.298 e. The number of amides is 2. The summed E-state index contributed by atoms with van der Waals surface area (Å²) in [6.45, 7) is 1.70. The third-order valence-corrected chi connectivity index (χ3v) is 5.60. The second kappa shape index (κ2) is 7.14. The number of phenols is 1. The summed E-state index contributed by atoms with van der Waals surface area (Å²) in [5, 5.41) is 8.87. The van der Waals surface area contributed by atoms with Crippen LogP contribution in [-0.2, 0) is 11.8 Å². The van der Waals surface area contributed by atoms with Crippen molar-refractivity contribution in [3.8, 4) is 11.4 Å². The summed E-state index contributed by atoms with van der Waals surface area (Å²) in [6.07, 6.45) is 1.57. The minimum atomic E-state index is -0.543. The molecule has 0 aliphatic carbocycles. The largest absolute Gasteiger partial charge is 0.508 e. The van der Waals surface area contributed by atoms with Crippen LogP contribution in [0.1, 0.15) is 11.3 Å². The summed E-state index contributed by atoms with van der Waals surface area (Å²) < 4.78 is 3.05. The molecule has 4 rings (SSSR count). The highest BCUT2D eigenvalue weighted by Gasteiger charge is 2.40. The molecule has 1 saturated heterocycles. The Balaban J connectivity index is 1.78. The minimum Gasteiger partial charge on any atom is -0.508 e. The van der Waals surface area contributed by atoms with Crippen LogP contribution in [0.2, 0.25) is 0 Å². The Morgan fingerprint density at radius 1 is 0.966 bits per heavy atom.